The predicted octanol–water partition coefficient (Wildman–Crippen LogP) is 6.72. The largest absolute Gasteiger partial charge is 0.493 e. The van der Waals surface area contributed by atoms with Crippen LogP contribution in [0.15, 0.2) is 80.1 Å². The van der Waals surface area contributed by atoms with Gasteiger partial charge in [-0.2, -0.15) is 0 Å². The van der Waals surface area contributed by atoms with Crippen LogP contribution in [0.5, 0.6) is 17.2 Å². The fraction of sp³-hybridized carbons (Fsp3) is 0.297. The average molecular weight is 876 g/mol. The van der Waals surface area contributed by atoms with E-state index in [2.05, 4.69) is 43.5 Å². The van der Waals surface area contributed by atoms with Crippen LogP contribution >= 0.6 is 49.9 Å². The fourth-order valence-electron chi connectivity index (χ4n) is 5.37. The molecule has 4 aromatic rings. The Hall–Kier alpha value is -3.95. The standard InChI is InChI=1S/C37H36BrIN2O8S/c1-7-46-35(43)24-11-9-22(10-12-24)19-48-33-26(38)15-23(16-27(33)39)17-30-34(42)41-32(25-13-14-28(49-20(3)4)29(18-25)45-6)31(36(44)47-8-2)21(5)40-37(41)50-30/h9-18,20,32H,7-8,19H2,1-6H3/b30-17+/t32-/m1/s1. The third-order valence-electron chi connectivity index (χ3n) is 7.55. The van der Waals surface area contributed by atoms with Crippen molar-refractivity contribution in [2.24, 2.45) is 4.99 Å². The van der Waals surface area contributed by atoms with E-state index in [4.69, 9.17) is 23.7 Å². The number of halogens is 2. The van der Waals surface area contributed by atoms with Crippen LogP contribution in [0.3, 0.4) is 0 Å². The number of benzene rings is 3. The van der Waals surface area contributed by atoms with E-state index in [1.165, 1.54) is 15.9 Å². The van der Waals surface area contributed by atoms with E-state index in [0.717, 1.165) is 14.7 Å². The number of aromatic nitrogens is 1. The minimum Gasteiger partial charge on any atom is -0.493 e. The van der Waals surface area contributed by atoms with Gasteiger partial charge in [0.25, 0.3) is 5.56 Å². The minimum absolute atomic E-state index is 0.0788. The number of nitrogens with zero attached hydrogens (tertiary/aromatic N) is 2. The second-order valence-electron chi connectivity index (χ2n) is 11.4. The Labute approximate surface area is 315 Å². The molecule has 0 saturated carbocycles. The summed E-state index contributed by atoms with van der Waals surface area (Å²) in [5, 5.41) is 0. The van der Waals surface area contributed by atoms with Gasteiger partial charge in [-0.3, -0.25) is 9.36 Å². The first-order chi connectivity index (χ1) is 23.9. The average Bonchev–Trinajstić information content (AvgIpc) is 3.37. The molecule has 1 aromatic heterocycles. The highest BCUT2D eigenvalue weighted by atomic mass is 127. The van der Waals surface area contributed by atoms with Crippen molar-refractivity contribution in [3.8, 4) is 17.2 Å². The molecule has 262 valence electrons. The molecular weight excluding hydrogens is 839 g/mol. The van der Waals surface area contributed by atoms with Gasteiger partial charge in [0.1, 0.15) is 12.4 Å². The van der Waals surface area contributed by atoms with E-state index >= 15 is 0 Å². The molecule has 10 nitrogen and oxygen atoms in total. The lowest BCUT2D eigenvalue weighted by Crippen LogP contribution is -2.40. The number of rotatable bonds is 12. The summed E-state index contributed by atoms with van der Waals surface area (Å²) in [6.07, 6.45) is 1.72. The number of hydrogen-bond donors (Lipinski definition) is 0. The zero-order chi connectivity index (χ0) is 36.1. The number of fused-ring (bicyclic) bond motifs is 1. The van der Waals surface area contributed by atoms with E-state index in [1.54, 1.807) is 58.2 Å². The van der Waals surface area contributed by atoms with Crippen molar-refractivity contribution >= 4 is 67.9 Å². The summed E-state index contributed by atoms with van der Waals surface area (Å²) in [5.41, 5.74) is 3.24. The number of esters is 2. The number of allylic oxidation sites excluding steroid dienone is 1. The molecule has 0 spiro atoms. The maximum absolute atomic E-state index is 14.2. The lowest BCUT2D eigenvalue weighted by Gasteiger charge is -2.25. The second-order valence-corrected chi connectivity index (χ2v) is 14.4. The summed E-state index contributed by atoms with van der Waals surface area (Å²) in [5.74, 6) is 0.769. The normalized spacial score (nSPS) is 14.3. The number of methoxy groups -OCH3 is 1. The van der Waals surface area contributed by atoms with E-state index in [-0.39, 0.29) is 36.4 Å². The molecule has 0 radical (unpaired) electrons. The lowest BCUT2D eigenvalue weighted by molar-refractivity contribution is -0.139. The smallest absolute Gasteiger partial charge is 0.338 e. The molecule has 3 aromatic carbocycles. The maximum Gasteiger partial charge on any atom is 0.338 e. The van der Waals surface area contributed by atoms with Crippen molar-refractivity contribution in [3.63, 3.8) is 0 Å². The van der Waals surface area contributed by atoms with Crippen LogP contribution in [0, 0.1) is 3.57 Å². The monoisotopic (exact) mass is 874 g/mol. The van der Waals surface area contributed by atoms with Gasteiger partial charge in [0.2, 0.25) is 0 Å². The van der Waals surface area contributed by atoms with E-state index < -0.39 is 12.0 Å². The molecule has 0 aliphatic carbocycles. The zero-order valence-electron chi connectivity index (χ0n) is 28.4. The molecule has 1 aliphatic rings. The van der Waals surface area contributed by atoms with Gasteiger partial charge in [0.05, 0.1) is 61.9 Å². The van der Waals surface area contributed by atoms with Gasteiger partial charge in [-0.05, 0) is 132 Å². The molecule has 0 saturated heterocycles. The highest BCUT2D eigenvalue weighted by Crippen LogP contribution is 2.37. The Bertz CT molecular complexity index is 2120. The molecule has 1 atom stereocenters. The van der Waals surface area contributed by atoms with Crippen LogP contribution < -0.4 is 29.1 Å². The van der Waals surface area contributed by atoms with Crippen LogP contribution in [0.2, 0.25) is 0 Å². The van der Waals surface area contributed by atoms with Crippen molar-refractivity contribution in [2.75, 3.05) is 20.3 Å². The molecule has 0 bridgehead atoms. The summed E-state index contributed by atoms with van der Waals surface area (Å²) in [6.45, 7) is 9.87. The highest BCUT2D eigenvalue weighted by molar-refractivity contribution is 14.1. The van der Waals surface area contributed by atoms with Gasteiger partial charge >= 0.3 is 11.9 Å². The lowest BCUT2D eigenvalue weighted by atomic mass is 9.95. The number of carbonyl (C=O) groups is 2. The summed E-state index contributed by atoms with van der Waals surface area (Å²) in [7, 11) is 1.55. The van der Waals surface area contributed by atoms with Gasteiger partial charge < -0.3 is 23.7 Å². The Morgan fingerprint density at radius 2 is 1.72 bits per heavy atom. The van der Waals surface area contributed by atoms with Crippen LogP contribution in [0.25, 0.3) is 6.08 Å². The summed E-state index contributed by atoms with van der Waals surface area (Å²) >= 11 is 7.08. The minimum atomic E-state index is -0.802. The molecular formula is C37H36BrIN2O8S. The van der Waals surface area contributed by atoms with E-state index in [0.29, 0.717) is 54.5 Å². The molecule has 0 fully saturated rings. The molecule has 0 N–H and O–H groups in total. The first-order valence-corrected chi connectivity index (χ1v) is 18.6. The van der Waals surface area contributed by atoms with Gasteiger partial charge in [-0.1, -0.05) is 29.5 Å². The first kappa shape index (κ1) is 37.3. The zero-order valence-corrected chi connectivity index (χ0v) is 32.9. The Morgan fingerprint density at radius 3 is 2.36 bits per heavy atom. The third kappa shape index (κ3) is 8.16. The highest BCUT2D eigenvalue weighted by Gasteiger charge is 2.34. The number of ether oxygens (including phenoxy) is 5. The van der Waals surface area contributed by atoms with Crippen LogP contribution in [0.4, 0.5) is 0 Å². The topological polar surface area (TPSA) is 115 Å². The molecule has 5 rings (SSSR count). The number of thiazole rings is 1. The number of hydrogen-bond acceptors (Lipinski definition) is 10. The Morgan fingerprint density at radius 1 is 1.02 bits per heavy atom. The first-order valence-electron chi connectivity index (χ1n) is 15.9. The Balaban J connectivity index is 1.50. The molecule has 2 heterocycles. The van der Waals surface area contributed by atoms with Gasteiger partial charge in [-0.15, -0.1) is 0 Å². The van der Waals surface area contributed by atoms with Crippen LogP contribution in [-0.4, -0.2) is 42.9 Å². The van der Waals surface area contributed by atoms with E-state index in [1.807, 2.05) is 44.2 Å². The molecule has 0 amide bonds. The molecule has 13 heteroatoms. The van der Waals surface area contributed by atoms with Crippen molar-refractivity contribution in [2.45, 2.75) is 53.4 Å². The quantitative estimate of drug-likeness (QED) is 0.114. The Kier molecular flexibility index (Phi) is 12.2. The van der Waals surface area contributed by atoms with Crippen molar-refractivity contribution in [1.29, 1.82) is 0 Å². The third-order valence-corrected chi connectivity index (χ3v) is 9.92. The maximum atomic E-state index is 14.2. The fourth-order valence-corrected chi connectivity index (χ4v) is 8.19. The summed E-state index contributed by atoms with van der Waals surface area (Å²) < 4.78 is 31.7. The SMILES string of the molecule is CCOC(=O)C1=C(C)N=c2s/c(=C/c3cc(Br)c(OCc4ccc(C(=O)OCC)cc4)c(I)c3)c(=O)n2[C@@H]1c1ccc(OC(C)C)c(OC)c1. The van der Waals surface area contributed by atoms with Crippen molar-refractivity contribution in [1.82, 2.24) is 4.57 Å². The summed E-state index contributed by atoms with van der Waals surface area (Å²) in [4.78, 5) is 44.6. The van der Waals surface area contributed by atoms with Crippen molar-refractivity contribution < 1.29 is 33.3 Å². The van der Waals surface area contributed by atoms with Crippen molar-refractivity contribution in [3.05, 3.63) is 116 Å². The predicted molar refractivity (Wildman–Crippen MR) is 203 cm³/mol. The van der Waals surface area contributed by atoms with E-state index in [9.17, 15) is 14.4 Å². The van der Waals surface area contributed by atoms with Gasteiger partial charge in [0, 0.05) is 0 Å². The van der Waals surface area contributed by atoms with Crippen LogP contribution in [0.1, 0.15) is 67.7 Å². The van der Waals surface area contributed by atoms with Crippen LogP contribution in [-0.2, 0) is 20.9 Å². The molecule has 50 heavy (non-hydrogen) atoms. The van der Waals surface area contributed by atoms with Gasteiger partial charge in [-0.25, -0.2) is 14.6 Å². The second kappa shape index (κ2) is 16.4. The van der Waals surface area contributed by atoms with Gasteiger partial charge in [0.15, 0.2) is 16.3 Å². The number of carbonyl (C=O) groups excluding carboxylic acids is 2. The molecule has 1 aliphatic heterocycles. The summed E-state index contributed by atoms with van der Waals surface area (Å²) in [6, 6.07) is 15.5. The molecule has 0 unspecified atom stereocenters.